The summed E-state index contributed by atoms with van der Waals surface area (Å²) < 4.78 is 24.6. The molecular formula is C18H15FN4O2. The Morgan fingerprint density at radius 3 is 2.56 bits per heavy atom. The maximum absolute atomic E-state index is 14.4. The van der Waals surface area contributed by atoms with Crippen molar-refractivity contribution in [1.29, 1.82) is 5.26 Å². The molecule has 2 heterocycles. The van der Waals surface area contributed by atoms with E-state index < -0.39 is 5.82 Å². The highest BCUT2D eigenvalue weighted by molar-refractivity contribution is 5.82. The number of anilines is 1. The number of nitrogen functional groups attached to an aromatic ring is 1. The molecule has 0 unspecified atom stereocenters. The first-order valence-corrected chi connectivity index (χ1v) is 7.44. The molecule has 0 fully saturated rings. The van der Waals surface area contributed by atoms with Crippen molar-refractivity contribution in [2.75, 3.05) is 12.8 Å². The molecule has 6 nitrogen and oxygen atoms in total. The predicted octanol–water partition coefficient (Wildman–Crippen LogP) is 3.62. The van der Waals surface area contributed by atoms with Crippen LogP contribution in [0.1, 0.15) is 17.0 Å². The third-order valence-electron chi connectivity index (χ3n) is 3.91. The first-order chi connectivity index (χ1) is 12.0. The van der Waals surface area contributed by atoms with Gasteiger partial charge in [0, 0.05) is 22.8 Å². The Labute approximate surface area is 143 Å². The number of halogens is 1. The minimum Gasteiger partial charge on any atom is -0.497 e. The lowest BCUT2D eigenvalue weighted by molar-refractivity contribution is 0.393. The zero-order valence-electron chi connectivity index (χ0n) is 13.9. The van der Waals surface area contributed by atoms with Gasteiger partial charge in [-0.15, -0.1) is 0 Å². The number of nitrogens with two attached hydrogens (primary N) is 1. The maximum atomic E-state index is 14.4. The van der Waals surface area contributed by atoms with E-state index in [9.17, 15) is 9.65 Å². The highest BCUT2D eigenvalue weighted by Gasteiger charge is 2.20. The van der Waals surface area contributed by atoms with Crippen molar-refractivity contribution in [2.24, 2.45) is 0 Å². The standard InChI is InChI=1S/C18H15FN4O2/c1-9-17(10(2)25-23-9)13-7-16(22-18(21)14(13)8-20)12-5-4-11(24-3)6-15(12)19/h4-7H,1-3H3,(H2,21,22). The molecule has 3 rings (SSSR count). The van der Waals surface area contributed by atoms with Gasteiger partial charge in [0.1, 0.15) is 34.8 Å². The molecule has 0 bridgehead atoms. The van der Waals surface area contributed by atoms with Crippen LogP contribution in [-0.4, -0.2) is 17.3 Å². The fraction of sp³-hybridized carbons (Fsp3) is 0.167. The number of benzene rings is 1. The molecule has 0 atom stereocenters. The lowest BCUT2D eigenvalue weighted by Gasteiger charge is -2.11. The first kappa shape index (κ1) is 16.5. The van der Waals surface area contributed by atoms with Crippen molar-refractivity contribution in [2.45, 2.75) is 13.8 Å². The predicted molar refractivity (Wildman–Crippen MR) is 90.3 cm³/mol. The van der Waals surface area contributed by atoms with Gasteiger partial charge in [-0.25, -0.2) is 9.37 Å². The van der Waals surface area contributed by atoms with Crippen molar-refractivity contribution < 1.29 is 13.7 Å². The van der Waals surface area contributed by atoms with Gasteiger partial charge in [0.15, 0.2) is 0 Å². The van der Waals surface area contributed by atoms with E-state index in [0.29, 0.717) is 34.0 Å². The van der Waals surface area contributed by atoms with Crippen LogP contribution in [0.5, 0.6) is 5.75 Å². The van der Waals surface area contributed by atoms with Crippen LogP contribution in [0.2, 0.25) is 0 Å². The minimum absolute atomic E-state index is 0.0187. The van der Waals surface area contributed by atoms with Gasteiger partial charge in [0.25, 0.3) is 0 Å². The number of methoxy groups -OCH3 is 1. The Morgan fingerprint density at radius 1 is 1.24 bits per heavy atom. The Balaban J connectivity index is 2.27. The number of hydrogen-bond donors (Lipinski definition) is 1. The van der Waals surface area contributed by atoms with Gasteiger partial charge in [0.05, 0.1) is 18.5 Å². The fourth-order valence-electron chi connectivity index (χ4n) is 2.72. The molecule has 0 aliphatic carbocycles. The number of nitrogens with zero attached hydrogens (tertiary/aromatic N) is 3. The molecule has 0 spiro atoms. The van der Waals surface area contributed by atoms with Crippen molar-refractivity contribution in [1.82, 2.24) is 10.1 Å². The monoisotopic (exact) mass is 338 g/mol. The van der Waals surface area contributed by atoms with Crippen LogP contribution in [0.15, 0.2) is 28.8 Å². The van der Waals surface area contributed by atoms with Crippen molar-refractivity contribution >= 4 is 5.82 Å². The zero-order valence-corrected chi connectivity index (χ0v) is 13.9. The maximum Gasteiger partial charge on any atom is 0.142 e. The number of rotatable bonds is 3. The summed E-state index contributed by atoms with van der Waals surface area (Å²) in [6.07, 6.45) is 0. The van der Waals surface area contributed by atoms with E-state index in [1.807, 2.05) is 6.07 Å². The zero-order chi connectivity index (χ0) is 18.1. The molecule has 0 saturated carbocycles. The Bertz CT molecular complexity index is 986. The number of aromatic nitrogens is 2. The number of aryl methyl sites for hydroxylation is 2. The Morgan fingerprint density at radius 2 is 2.00 bits per heavy atom. The second-order valence-corrected chi connectivity index (χ2v) is 5.47. The molecule has 2 N–H and O–H groups in total. The normalized spacial score (nSPS) is 10.5. The summed E-state index contributed by atoms with van der Waals surface area (Å²) in [6, 6.07) is 8.11. The van der Waals surface area contributed by atoms with E-state index in [2.05, 4.69) is 10.1 Å². The van der Waals surface area contributed by atoms with Crippen LogP contribution >= 0.6 is 0 Å². The molecule has 1 aromatic carbocycles. The van der Waals surface area contributed by atoms with Crippen LogP contribution < -0.4 is 10.5 Å². The third kappa shape index (κ3) is 2.78. The second kappa shape index (κ2) is 6.24. The third-order valence-corrected chi connectivity index (χ3v) is 3.91. The molecule has 126 valence electrons. The molecule has 0 aliphatic heterocycles. The summed E-state index contributed by atoms with van der Waals surface area (Å²) in [5.41, 5.74) is 8.49. The van der Waals surface area contributed by atoms with E-state index in [0.717, 1.165) is 0 Å². The Hall–Kier alpha value is -3.40. The van der Waals surface area contributed by atoms with Gasteiger partial charge >= 0.3 is 0 Å². The van der Waals surface area contributed by atoms with Gasteiger partial charge in [-0.1, -0.05) is 5.16 Å². The van der Waals surface area contributed by atoms with Crippen LogP contribution in [-0.2, 0) is 0 Å². The second-order valence-electron chi connectivity index (χ2n) is 5.47. The highest BCUT2D eigenvalue weighted by Crippen LogP contribution is 2.35. The Kier molecular flexibility index (Phi) is 4.11. The fourth-order valence-corrected chi connectivity index (χ4v) is 2.72. The minimum atomic E-state index is -0.499. The van der Waals surface area contributed by atoms with Crippen LogP contribution in [0.4, 0.5) is 10.2 Å². The SMILES string of the molecule is COc1ccc(-c2cc(-c3c(C)noc3C)c(C#N)c(N)n2)c(F)c1. The van der Waals surface area contributed by atoms with E-state index in [1.54, 1.807) is 32.0 Å². The van der Waals surface area contributed by atoms with Gasteiger partial charge < -0.3 is 15.0 Å². The summed E-state index contributed by atoms with van der Waals surface area (Å²) in [4.78, 5) is 4.18. The van der Waals surface area contributed by atoms with E-state index in [-0.39, 0.29) is 16.9 Å². The van der Waals surface area contributed by atoms with E-state index in [4.69, 9.17) is 15.0 Å². The lowest BCUT2D eigenvalue weighted by Crippen LogP contribution is -2.01. The lowest BCUT2D eigenvalue weighted by atomic mass is 9.97. The highest BCUT2D eigenvalue weighted by atomic mass is 19.1. The molecule has 0 aliphatic rings. The van der Waals surface area contributed by atoms with Crippen molar-refractivity contribution in [3.8, 4) is 34.2 Å². The largest absolute Gasteiger partial charge is 0.497 e. The van der Waals surface area contributed by atoms with Gasteiger partial charge in [0.2, 0.25) is 0 Å². The van der Waals surface area contributed by atoms with Crippen molar-refractivity contribution in [3.05, 3.63) is 47.1 Å². The van der Waals surface area contributed by atoms with E-state index >= 15 is 0 Å². The van der Waals surface area contributed by atoms with E-state index in [1.165, 1.54) is 13.2 Å². The average Bonchev–Trinajstić information content (AvgIpc) is 2.92. The molecule has 0 amide bonds. The topological polar surface area (TPSA) is 98.0 Å². The number of pyridine rings is 1. The number of hydrogen-bond acceptors (Lipinski definition) is 6. The summed E-state index contributed by atoms with van der Waals surface area (Å²) in [5.74, 6) is 0.459. The smallest absolute Gasteiger partial charge is 0.142 e. The first-order valence-electron chi connectivity index (χ1n) is 7.44. The van der Waals surface area contributed by atoms with Crippen molar-refractivity contribution in [3.63, 3.8) is 0 Å². The van der Waals surface area contributed by atoms with Crippen LogP contribution in [0, 0.1) is 31.0 Å². The summed E-state index contributed by atoms with van der Waals surface area (Å²) in [6.45, 7) is 3.50. The molecule has 0 radical (unpaired) electrons. The molecule has 25 heavy (non-hydrogen) atoms. The number of ether oxygens (including phenoxy) is 1. The molecule has 3 aromatic rings. The summed E-state index contributed by atoms with van der Waals surface area (Å²) in [5, 5.41) is 13.4. The van der Waals surface area contributed by atoms with Crippen LogP contribution in [0.25, 0.3) is 22.4 Å². The summed E-state index contributed by atoms with van der Waals surface area (Å²) >= 11 is 0. The molecular weight excluding hydrogens is 323 g/mol. The molecule has 0 saturated heterocycles. The molecule has 7 heteroatoms. The van der Waals surface area contributed by atoms with Crippen LogP contribution in [0.3, 0.4) is 0 Å². The molecule has 2 aromatic heterocycles. The number of nitriles is 1. The average molecular weight is 338 g/mol. The quantitative estimate of drug-likeness (QED) is 0.783. The van der Waals surface area contributed by atoms with Gasteiger partial charge in [-0.2, -0.15) is 5.26 Å². The van der Waals surface area contributed by atoms with Gasteiger partial charge in [-0.3, -0.25) is 0 Å². The van der Waals surface area contributed by atoms with Gasteiger partial charge in [-0.05, 0) is 32.0 Å². The summed E-state index contributed by atoms with van der Waals surface area (Å²) in [7, 11) is 1.46.